The Labute approximate surface area is 96.2 Å². The largest absolute Gasteiger partial charge is 0.0527 e. The van der Waals surface area contributed by atoms with Gasteiger partial charge >= 0.3 is 0 Å². The minimum atomic E-state index is 1.08. The quantitative estimate of drug-likeness (QED) is 0.624. The zero-order valence-electron chi connectivity index (χ0n) is 9.71. The molecule has 0 nitrogen and oxygen atoms in total. The predicted molar refractivity (Wildman–Crippen MR) is 58.4 cm³/mol. The lowest BCUT2D eigenvalue weighted by Gasteiger charge is -2.50. The molecule has 0 aromatic carbocycles. The Morgan fingerprint density at radius 2 is 0.812 bits per heavy atom. The zero-order valence-corrected chi connectivity index (χ0v) is 9.71. The van der Waals surface area contributed by atoms with Crippen LogP contribution in [0.1, 0.15) is 38.5 Å². The molecule has 9 rings (SSSR count). The molecule has 16 heavy (non-hydrogen) atoms. The van der Waals surface area contributed by atoms with E-state index in [1.165, 1.54) is 35.5 Å². The van der Waals surface area contributed by atoms with Crippen molar-refractivity contribution in [3.63, 3.8) is 0 Å². The molecule has 9 aliphatic rings. The Morgan fingerprint density at radius 1 is 0.500 bits per heavy atom. The Balaban J connectivity index is 1.19. The van der Waals surface area contributed by atoms with Crippen LogP contribution < -0.4 is 0 Å². The first-order valence-electron chi connectivity index (χ1n) is 7.93. The third kappa shape index (κ3) is 0.268. The number of hydrogen-bond acceptors (Lipinski definition) is 0. The monoisotopic (exact) mass is 210 g/mol. The highest BCUT2D eigenvalue weighted by Crippen LogP contribution is 3.28. The Kier molecular flexibility index (Phi) is 0.543. The summed E-state index contributed by atoms with van der Waals surface area (Å²) >= 11 is 0. The molecule has 9 fully saturated rings. The fourth-order valence-electron chi connectivity index (χ4n) is 10.0. The van der Waals surface area contributed by atoms with E-state index in [4.69, 9.17) is 0 Å². The van der Waals surface area contributed by atoms with Crippen LogP contribution in [-0.4, -0.2) is 0 Å². The van der Waals surface area contributed by atoms with Gasteiger partial charge in [0.05, 0.1) is 0 Å². The van der Waals surface area contributed by atoms with E-state index in [0.29, 0.717) is 0 Å². The van der Waals surface area contributed by atoms with Crippen molar-refractivity contribution in [2.45, 2.75) is 38.5 Å². The molecule has 0 aliphatic heterocycles. The summed E-state index contributed by atoms with van der Waals surface area (Å²) in [6.07, 6.45) is 9.77. The van der Waals surface area contributed by atoms with Crippen LogP contribution in [0.4, 0.5) is 0 Å². The van der Waals surface area contributed by atoms with E-state index in [1.807, 2.05) is 0 Å². The molecule has 0 heterocycles. The molecule has 82 valence electrons. The van der Waals surface area contributed by atoms with Crippen LogP contribution in [0.5, 0.6) is 0 Å². The van der Waals surface area contributed by atoms with Crippen LogP contribution in [-0.2, 0) is 0 Å². The van der Waals surface area contributed by atoms with Gasteiger partial charge in [0.15, 0.2) is 0 Å². The van der Waals surface area contributed by atoms with Gasteiger partial charge in [0.2, 0.25) is 0 Å². The van der Waals surface area contributed by atoms with Crippen LogP contribution in [0.25, 0.3) is 0 Å². The maximum absolute atomic E-state index is 1.65. The SMILES string of the molecule is C1CC2C34C(C1)C23C4C1C23C4CCCC2C413. The molecule has 0 saturated heterocycles. The van der Waals surface area contributed by atoms with Gasteiger partial charge in [0.25, 0.3) is 0 Å². The summed E-state index contributed by atoms with van der Waals surface area (Å²) in [6, 6.07) is 0. The summed E-state index contributed by atoms with van der Waals surface area (Å²) in [6.45, 7) is 0. The van der Waals surface area contributed by atoms with Crippen molar-refractivity contribution in [2.24, 2.45) is 57.2 Å². The van der Waals surface area contributed by atoms with E-state index in [9.17, 15) is 0 Å². The van der Waals surface area contributed by atoms with Crippen molar-refractivity contribution in [2.75, 3.05) is 0 Å². The predicted octanol–water partition coefficient (Wildman–Crippen LogP) is 3.08. The Morgan fingerprint density at radius 3 is 1.12 bits per heavy atom. The Hall–Kier alpha value is 0. The molecule has 0 atom stereocenters. The van der Waals surface area contributed by atoms with Crippen LogP contribution in [0.2, 0.25) is 0 Å². The molecule has 0 radical (unpaired) electrons. The normalized spacial score (nSPS) is 97.5. The topological polar surface area (TPSA) is 0 Å². The summed E-state index contributed by atoms with van der Waals surface area (Å²) in [5.74, 6) is 7.90. The van der Waals surface area contributed by atoms with Crippen LogP contribution in [0.3, 0.4) is 0 Å². The second-order valence-corrected chi connectivity index (χ2v) is 8.76. The maximum atomic E-state index is 1.65. The van der Waals surface area contributed by atoms with E-state index in [0.717, 1.165) is 21.7 Å². The van der Waals surface area contributed by atoms with Crippen LogP contribution in [0.15, 0.2) is 0 Å². The van der Waals surface area contributed by atoms with Gasteiger partial charge in [-0.1, -0.05) is 12.8 Å². The standard InChI is InChI=1S/C16H18/c1-3-7-13-8(4-1)14(7,13)11(13)12-15-9-5-2-6-10(15)16(9,12)15/h7-12H,1-6H2. The average molecular weight is 210 g/mol. The van der Waals surface area contributed by atoms with Crippen molar-refractivity contribution in [1.82, 2.24) is 0 Å². The lowest BCUT2D eigenvalue weighted by atomic mass is 9.53. The molecule has 2 bridgehead atoms. The lowest BCUT2D eigenvalue weighted by Crippen LogP contribution is -2.46. The minimum Gasteiger partial charge on any atom is -0.0527 e. The molecule has 3 spiro atoms. The highest BCUT2D eigenvalue weighted by molar-refractivity contribution is 5.71. The molecular weight excluding hydrogens is 192 g/mol. The fraction of sp³-hybridized carbons (Fsp3) is 1.00. The summed E-state index contributed by atoms with van der Waals surface area (Å²) in [5.41, 5.74) is 4.33. The second-order valence-electron chi connectivity index (χ2n) is 8.76. The van der Waals surface area contributed by atoms with Gasteiger partial charge < -0.3 is 0 Å². The first kappa shape index (κ1) is 6.81. The summed E-state index contributed by atoms with van der Waals surface area (Å²) in [5, 5.41) is 0. The van der Waals surface area contributed by atoms with Gasteiger partial charge in [-0.3, -0.25) is 0 Å². The molecule has 0 aromatic heterocycles. The lowest BCUT2D eigenvalue weighted by molar-refractivity contribution is -0.0345. The van der Waals surface area contributed by atoms with Crippen LogP contribution >= 0.6 is 0 Å². The second kappa shape index (κ2) is 1.28. The Bertz CT molecular complexity index is 420. The zero-order chi connectivity index (χ0) is 9.71. The van der Waals surface area contributed by atoms with Crippen LogP contribution in [0, 0.1) is 57.2 Å². The van der Waals surface area contributed by atoms with E-state index in [2.05, 4.69) is 0 Å². The molecule has 9 aliphatic carbocycles. The third-order valence-corrected chi connectivity index (χ3v) is 9.98. The number of hydrogen-bond donors (Lipinski definition) is 0. The maximum Gasteiger partial charge on any atom is -0.0127 e. The smallest absolute Gasteiger partial charge is 0.0127 e. The molecule has 9 saturated carbocycles. The van der Waals surface area contributed by atoms with Crippen molar-refractivity contribution in [3.05, 3.63) is 0 Å². The van der Waals surface area contributed by atoms with Crippen molar-refractivity contribution >= 4 is 0 Å². The molecule has 0 N–H and O–H groups in total. The van der Waals surface area contributed by atoms with E-state index < -0.39 is 0 Å². The van der Waals surface area contributed by atoms with E-state index >= 15 is 0 Å². The van der Waals surface area contributed by atoms with Gasteiger partial charge in [-0.25, -0.2) is 0 Å². The number of fused-ring (bicyclic) bond motifs is 2. The van der Waals surface area contributed by atoms with E-state index in [-0.39, 0.29) is 0 Å². The first-order valence-corrected chi connectivity index (χ1v) is 7.93. The molecular formula is C16H18. The van der Waals surface area contributed by atoms with Crippen molar-refractivity contribution < 1.29 is 0 Å². The van der Waals surface area contributed by atoms with Gasteiger partial charge in [-0.2, -0.15) is 0 Å². The highest BCUT2D eigenvalue weighted by Gasteiger charge is 3.25. The average Bonchev–Trinajstić information content (AvgIpc) is 3.15. The van der Waals surface area contributed by atoms with Crippen molar-refractivity contribution in [1.29, 1.82) is 0 Å². The highest BCUT2D eigenvalue weighted by atomic mass is 15.3. The fourth-order valence-corrected chi connectivity index (χ4v) is 10.0. The summed E-state index contributed by atoms with van der Waals surface area (Å²) in [4.78, 5) is 0. The molecule has 0 amide bonds. The van der Waals surface area contributed by atoms with Crippen molar-refractivity contribution in [3.8, 4) is 0 Å². The number of rotatable bonds is 1. The molecule has 0 aromatic rings. The van der Waals surface area contributed by atoms with Gasteiger partial charge in [-0.15, -0.1) is 0 Å². The molecule has 0 heteroatoms. The first-order chi connectivity index (χ1) is 7.93. The van der Waals surface area contributed by atoms with E-state index in [1.54, 1.807) is 38.5 Å². The molecule has 0 unspecified atom stereocenters. The van der Waals surface area contributed by atoms with Gasteiger partial charge in [0, 0.05) is 0 Å². The minimum absolute atomic E-state index is 1.08. The third-order valence-electron chi connectivity index (χ3n) is 9.98. The summed E-state index contributed by atoms with van der Waals surface area (Å²) < 4.78 is 0. The van der Waals surface area contributed by atoms with Gasteiger partial charge in [-0.05, 0) is 82.9 Å². The van der Waals surface area contributed by atoms with Gasteiger partial charge in [0.1, 0.15) is 0 Å². The summed E-state index contributed by atoms with van der Waals surface area (Å²) in [7, 11) is 0.